The minimum atomic E-state index is -0.502. The molecule has 0 spiro atoms. The van der Waals surface area contributed by atoms with Crippen molar-refractivity contribution in [2.45, 2.75) is 34.8 Å². The maximum Gasteiger partial charge on any atom is 0.123 e. The lowest BCUT2D eigenvalue weighted by molar-refractivity contribution is -0.0140. The van der Waals surface area contributed by atoms with E-state index in [4.69, 9.17) is 4.74 Å². The van der Waals surface area contributed by atoms with E-state index in [0.29, 0.717) is 12.2 Å². The molecule has 0 bridgehead atoms. The van der Waals surface area contributed by atoms with Crippen molar-refractivity contribution in [3.05, 3.63) is 94.8 Å². The molecular formula is C26H25FN2OS. The van der Waals surface area contributed by atoms with Gasteiger partial charge in [-0.1, -0.05) is 30.0 Å². The van der Waals surface area contributed by atoms with Gasteiger partial charge in [-0.3, -0.25) is 0 Å². The van der Waals surface area contributed by atoms with Crippen LogP contribution in [0, 0.1) is 17.1 Å². The SMILES string of the molecule is CN(C)CCCC1(c2ccc(Sc3ccc(F)cc3)cc2)OCc2cc(C#N)ccc21. The molecule has 31 heavy (non-hydrogen) atoms. The molecular weight excluding hydrogens is 407 g/mol. The second-order valence-corrected chi connectivity index (χ2v) is 9.23. The van der Waals surface area contributed by atoms with Crippen molar-refractivity contribution >= 4 is 11.8 Å². The fraction of sp³-hybridized carbons (Fsp3) is 0.269. The van der Waals surface area contributed by atoms with E-state index < -0.39 is 5.60 Å². The van der Waals surface area contributed by atoms with Gasteiger partial charge in [0, 0.05) is 9.79 Å². The number of ether oxygens (including phenoxy) is 1. The monoisotopic (exact) mass is 432 g/mol. The molecule has 0 aromatic heterocycles. The summed E-state index contributed by atoms with van der Waals surface area (Å²) in [7, 11) is 4.16. The van der Waals surface area contributed by atoms with Crippen LogP contribution in [0.25, 0.3) is 0 Å². The van der Waals surface area contributed by atoms with E-state index in [-0.39, 0.29) is 5.82 Å². The first kappa shape index (κ1) is 21.6. The average Bonchev–Trinajstić information content (AvgIpc) is 3.14. The third kappa shape index (κ3) is 4.67. The second kappa shape index (κ2) is 9.23. The Balaban J connectivity index is 1.64. The second-order valence-electron chi connectivity index (χ2n) is 8.09. The van der Waals surface area contributed by atoms with Crippen molar-refractivity contribution in [2.24, 2.45) is 0 Å². The van der Waals surface area contributed by atoms with Gasteiger partial charge in [0.25, 0.3) is 0 Å². The molecule has 0 aliphatic carbocycles. The summed E-state index contributed by atoms with van der Waals surface area (Å²) in [5.74, 6) is -0.226. The highest BCUT2D eigenvalue weighted by atomic mass is 32.2. The molecule has 5 heteroatoms. The van der Waals surface area contributed by atoms with E-state index in [1.54, 1.807) is 23.9 Å². The van der Waals surface area contributed by atoms with Crippen LogP contribution >= 0.6 is 11.8 Å². The summed E-state index contributed by atoms with van der Waals surface area (Å²) in [6.45, 7) is 1.49. The van der Waals surface area contributed by atoms with Crippen LogP contribution in [0.4, 0.5) is 4.39 Å². The van der Waals surface area contributed by atoms with Crippen molar-refractivity contribution < 1.29 is 9.13 Å². The summed E-state index contributed by atoms with van der Waals surface area (Å²) in [4.78, 5) is 4.28. The highest BCUT2D eigenvalue weighted by Gasteiger charge is 2.41. The number of nitriles is 1. The van der Waals surface area contributed by atoms with Crippen molar-refractivity contribution in [3.8, 4) is 6.07 Å². The molecule has 0 N–H and O–H groups in total. The van der Waals surface area contributed by atoms with Crippen molar-refractivity contribution in [1.29, 1.82) is 5.26 Å². The molecule has 1 aliphatic rings. The molecule has 1 heterocycles. The van der Waals surface area contributed by atoms with Crippen LogP contribution in [0.3, 0.4) is 0 Å². The van der Waals surface area contributed by atoms with E-state index >= 15 is 0 Å². The van der Waals surface area contributed by atoms with E-state index in [1.807, 2.05) is 12.1 Å². The summed E-state index contributed by atoms with van der Waals surface area (Å²) in [5, 5.41) is 9.27. The van der Waals surface area contributed by atoms with E-state index in [2.05, 4.69) is 55.4 Å². The van der Waals surface area contributed by atoms with Gasteiger partial charge in [0.05, 0.1) is 18.2 Å². The van der Waals surface area contributed by atoms with Crippen LogP contribution in [0.15, 0.2) is 76.5 Å². The normalized spacial score (nSPS) is 17.5. The predicted octanol–water partition coefficient (Wildman–Crippen LogP) is 5.96. The maximum absolute atomic E-state index is 13.2. The largest absolute Gasteiger partial charge is 0.361 e. The maximum atomic E-state index is 13.2. The van der Waals surface area contributed by atoms with Crippen LogP contribution in [0.1, 0.15) is 35.1 Å². The first-order valence-corrected chi connectivity index (χ1v) is 11.2. The Bertz CT molecular complexity index is 1090. The Morgan fingerprint density at radius 1 is 1.03 bits per heavy atom. The lowest BCUT2D eigenvalue weighted by atomic mass is 9.81. The summed E-state index contributed by atoms with van der Waals surface area (Å²) >= 11 is 1.61. The summed E-state index contributed by atoms with van der Waals surface area (Å²) in [6.07, 6.45) is 1.87. The van der Waals surface area contributed by atoms with E-state index in [9.17, 15) is 9.65 Å². The lowest BCUT2D eigenvalue weighted by Crippen LogP contribution is -2.28. The summed E-state index contributed by atoms with van der Waals surface area (Å²) in [5.41, 5.74) is 3.53. The quantitative estimate of drug-likeness (QED) is 0.461. The zero-order valence-corrected chi connectivity index (χ0v) is 18.6. The zero-order valence-electron chi connectivity index (χ0n) is 17.8. The van der Waals surface area contributed by atoms with Crippen LogP contribution in [0.2, 0.25) is 0 Å². The lowest BCUT2D eigenvalue weighted by Gasteiger charge is -2.31. The number of benzene rings is 3. The Hall–Kier alpha value is -2.65. The molecule has 1 aliphatic heterocycles. The minimum absolute atomic E-state index is 0.226. The zero-order chi connectivity index (χ0) is 21.8. The standard InChI is InChI=1S/C26H25FN2OS/c1-29(2)15-3-14-26(25-13-4-19(17-28)16-20(25)18-30-26)21-5-9-23(10-6-21)31-24-11-7-22(27)8-12-24/h4-13,16H,3,14-15,18H2,1-2H3. The Morgan fingerprint density at radius 3 is 2.35 bits per heavy atom. The number of hydrogen-bond acceptors (Lipinski definition) is 4. The highest BCUT2D eigenvalue weighted by Crippen LogP contribution is 2.46. The number of halogens is 1. The van der Waals surface area contributed by atoms with Crippen molar-refractivity contribution in [1.82, 2.24) is 4.90 Å². The smallest absolute Gasteiger partial charge is 0.123 e. The molecule has 0 saturated heterocycles. The number of rotatable bonds is 7. The van der Waals surface area contributed by atoms with Gasteiger partial charge >= 0.3 is 0 Å². The van der Waals surface area contributed by atoms with Crippen LogP contribution in [-0.4, -0.2) is 25.5 Å². The van der Waals surface area contributed by atoms with Crippen LogP contribution < -0.4 is 0 Å². The molecule has 3 aromatic rings. The molecule has 0 radical (unpaired) electrons. The van der Waals surface area contributed by atoms with Gasteiger partial charge in [0.2, 0.25) is 0 Å². The van der Waals surface area contributed by atoms with Gasteiger partial charge < -0.3 is 9.64 Å². The molecule has 0 amide bonds. The highest BCUT2D eigenvalue weighted by molar-refractivity contribution is 7.99. The minimum Gasteiger partial charge on any atom is -0.361 e. The van der Waals surface area contributed by atoms with Crippen molar-refractivity contribution in [3.63, 3.8) is 0 Å². The first-order valence-electron chi connectivity index (χ1n) is 10.4. The predicted molar refractivity (Wildman–Crippen MR) is 121 cm³/mol. The topological polar surface area (TPSA) is 36.3 Å². The van der Waals surface area contributed by atoms with Crippen LogP contribution in [0.5, 0.6) is 0 Å². The van der Waals surface area contributed by atoms with Gasteiger partial charge in [-0.25, -0.2) is 4.39 Å². The van der Waals surface area contributed by atoms with Gasteiger partial charge in [-0.05, 0) is 98.7 Å². The number of fused-ring (bicyclic) bond motifs is 1. The summed E-state index contributed by atoms with van der Waals surface area (Å²) < 4.78 is 19.6. The Labute approximate surface area is 187 Å². The Kier molecular flexibility index (Phi) is 6.43. The Morgan fingerprint density at radius 2 is 1.71 bits per heavy atom. The van der Waals surface area contributed by atoms with Crippen molar-refractivity contribution in [2.75, 3.05) is 20.6 Å². The van der Waals surface area contributed by atoms with Gasteiger partial charge in [-0.2, -0.15) is 5.26 Å². The average molecular weight is 433 g/mol. The van der Waals surface area contributed by atoms with Gasteiger partial charge in [0.1, 0.15) is 11.4 Å². The molecule has 1 unspecified atom stereocenters. The molecule has 3 nitrogen and oxygen atoms in total. The fourth-order valence-corrected chi connectivity index (χ4v) is 4.94. The molecule has 4 rings (SSSR count). The first-order chi connectivity index (χ1) is 15.0. The van der Waals surface area contributed by atoms with E-state index in [1.165, 1.54) is 12.1 Å². The van der Waals surface area contributed by atoms with Gasteiger partial charge in [0.15, 0.2) is 0 Å². The molecule has 0 fully saturated rings. The third-order valence-electron chi connectivity index (χ3n) is 5.65. The molecule has 3 aromatic carbocycles. The van der Waals surface area contributed by atoms with Gasteiger partial charge in [-0.15, -0.1) is 0 Å². The molecule has 0 saturated carbocycles. The fourth-order valence-electron chi connectivity index (χ4n) is 4.12. The molecule has 1 atom stereocenters. The molecule has 158 valence electrons. The third-order valence-corrected chi connectivity index (χ3v) is 6.66. The summed E-state index contributed by atoms with van der Waals surface area (Å²) in [6, 6.07) is 23.1. The van der Waals surface area contributed by atoms with E-state index in [0.717, 1.165) is 45.9 Å². The number of nitrogens with zero attached hydrogens (tertiary/aromatic N) is 2. The van der Waals surface area contributed by atoms with Crippen LogP contribution in [-0.2, 0) is 16.9 Å². The number of hydrogen-bond donors (Lipinski definition) is 0.